The van der Waals surface area contributed by atoms with Crippen molar-refractivity contribution in [3.05, 3.63) is 67.1 Å². The van der Waals surface area contributed by atoms with Crippen LogP contribution in [0.2, 0.25) is 0 Å². The van der Waals surface area contributed by atoms with Crippen LogP contribution in [-0.4, -0.2) is 20.9 Å². The number of anilines is 1. The summed E-state index contributed by atoms with van der Waals surface area (Å²) in [6, 6.07) is 6.13. The number of Topliss-reactive ketones (excluding diaryl/α,β-unsaturated/α-hetero) is 1. The van der Waals surface area contributed by atoms with Gasteiger partial charge in [-0.25, -0.2) is 0 Å². The SMILES string of the molecule is CC1(C)CC(=O)C2=C(C1)Nc1[nH][nH]c(=O)c1C2c1cccc([N+](=O)[O-])c1. The van der Waals surface area contributed by atoms with Gasteiger partial charge in [0.05, 0.1) is 10.5 Å². The van der Waals surface area contributed by atoms with Gasteiger partial charge in [0.15, 0.2) is 5.78 Å². The summed E-state index contributed by atoms with van der Waals surface area (Å²) in [4.78, 5) is 36.0. The maximum Gasteiger partial charge on any atom is 0.270 e. The number of nitrogens with zero attached hydrogens (tertiary/aromatic N) is 1. The maximum atomic E-state index is 12.9. The molecule has 0 saturated heterocycles. The van der Waals surface area contributed by atoms with Crippen LogP contribution in [0.3, 0.4) is 0 Å². The number of nitrogens with one attached hydrogen (secondary N) is 3. The average Bonchev–Trinajstić information content (AvgIpc) is 2.92. The molecule has 2 aromatic rings. The third-order valence-electron chi connectivity index (χ3n) is 5.00. The van der Waals surface area contributed by atoms with Crippen molar-refractivity contribution in [2.24, 2.45) is 5.41 Å². The van der Waals surface area contributed by atoms with Gasteiger partial charge in [0.25, 0.3) is 11.2 Å². The van der Waals surface area contributed by atoms with Crippen molar-refractivity contribution in [1.29, 1.82) is 0 Å². The van der Waals surface area contributed by atoms with Crippen LogP contribution in [0.25, 0.3) is 0 Å². The zero-order valence-electron chi connectivity index (χ0n) is 14.4. The fraction of sp³-hybridized carbons (Fsp3) is 0.333. The number of rotatable bonds is 2. The summed E-state index contributed by atoms with van der Waals surface area (Å²) in [6.45, 7) is 4.04. The molecule has 134 valence electrons. The van der Waals surface area contributed by atoms with E-state index in [0.717, 1.165) is 5.70 Å². The number of allylic oxidation sites excluding steroid dienone is 2. The highest BCUT2D eigenvalue weighted by molar-refractivity contribution is 6.01. The van der Waals surface area contributed by atoms with Gasteiger partial charge in [-0.2, -0.15) is 0 Å². The van der Waals surface area contributed by atoms with E-state index in [0.29, 0.717) is 35.4 Å². The Labute approximate surface area is 148 Å². The van der Waals surface area contributed by atoms with Gasteiger partial charge in [0.2, 0.25) is 0 Å². The van der Waals surface area contributed by atoms with Crippen molar-refractivity contribution in [3.8, 4) is 0 Å². The van der Waals surface area contributed by atoms with Crippen LogP contribution in [-0.2, 0) is 4.79 Å². The zero-order valence-corrected chi connectivity index (χ0v) is 14.4. The number of aromatic nitrogens is 2. The number of hydrogen-bond acceptors (Lipinski definition) is 5. The van der Waals surface area contributed by atoms with Crippen LogP contribution in [0.4, 0.5) is 11.5 Å². The standard InChI is InChI=1S/C18H18N4O4/c1-18(2)7-11-14(12(23)8-18)13(15-16(19-11)20-21-17(15)24)9-4-3-5-10(6-9)22(25)26/h3-6,13H,7-8H2,1-2H3,(H3,19,20,21,24). The highest BCUT2D eigenvalue weighted by Crippen LogP contribution is 2.47. The number of nitro benzene ring substituents is 1. The molecule has 26 heavy (non-hydrogen) atoms. The highest BCUT2D eigenvalue weighted by atomic mass is 16.6. The molecule has 1 aliphatic carbocycles. The largest absolute Gasteiger partial charge is 0.343 e. The molecular weight excluding hydrogens is 336 g/mol. The van der Waals surface area contributed by atoms with E-state index in [1.807, 2.05) is 13.8 Å². The maximum absolute atomic E-state index is 12.9. The van der Waals surface area contributed by atoms with Crippen LogP contribution in [0.5, 0.6) is 0 Å². The molecule has 4 rings (SSSR count). The number of ketones is 1. The Bertz CT molecular complexity index is 1030. The van der Waals surface area contributed by atoms with E-state index in [4.69, 9.17) is 0 Å². The van der Waals surface area contributed by atoms with Crippen molar-refractivity contribution in [1.82, 2.24) is 10.2 Å². The van der Waals surface area contributed by atoms with Crippen LogP contribution >= 0.6 is 0 Å². The minimum atomic E-state index is -0.625. The third kappa shape index (κ3) is 2.45. The number of non-ortho nitro benzene ring substituents is 1. The summed E-state index contributed by atoms with van der Waals surface area (Å²) in [5, 5.41) is 19.7. The summed E-state index contributed by atoms with van der Waals surface area (Å²) < 4.78 is 0. The highest BCUT2D eigenvalue weighted by Gasteiger charge is 2.42. The molecule has 0 radical (unpaired) electrons. The quantitative estimate of drug-likeness (QED) is 0.565. The monoisotopic (exact) mass is 354 g/mol. The molecule has 2 aliphatic rings. The lowest BCUT2D eigenvalue weighted by molar-refractivity contribution is -0.384. The average molecular weight is 354 g/mol. The molecule has 8 nitrogen and oxygen atoms in total. The number of aromatic amines is 2. The van der Waals surface area contributed by atoms with Gasteiger partial charge in [-0.05, 0) is 17.4 Å². The van der Waals surface area contributed by atoms with Crippen LogP contribution in [0.1, 0.15) is 43.7 Å². The summed E-state index contributed by atoms with van der Waals surface area (Å²) in [5.74, 6) is -0.151. The molecule has 2 heterocycles. The van der Waals surface area contributed by atoms with Crippen molar-refractivity contribution in [2.45, 2.75) is 32.6 Å². The van der Waals surface area contributed by atoms with E-state index in [1.54, 1.807) is 12.1 Å². The Morgan fingerprint density at radius 1 is 1.19 bits per heavy atom. The zero-order chi connectivity index (χ0) is 18.6. The van der Waals surface area contributed by atoms with Gasteiger partial charge in [-0.3, -0.25) is 29.9 Å². The molecule has 0 bridgehead atoms. The number of hydrogen-bond donors (Lipinski definition) is 3. The Morgan fingerprint density at radius 2 is 1.96 bits per heavy atom. The van der Waals surface area contributed by atoms with Crippen molar-refractivity contribution in [2.75, 3.05) is 5.32 Å². The minimum absolute atomic E-state index is 0.0356. The third-order valence-corrected chi connectivity index (χ3v) is 5.00. The van der Waals surface area contributed by atoms with Gasteiger partial charge >= 0.3 is 0 Å². The van der Waals surface area contributed by atoms with Gasteiger partial charge in [-0.1, -0.05) is 26.0 Å². The van der Waals surface area contributed by atoms with Crippen LogP contribution in [0.15, 0.2) is 40.3 Å². The molecule has 0 fully saturated rings. The lowest BCUT2D eigenvalue weighted by Gasteiger charge is -2.37. The number of nitro groups is 1. The van der Waals surface area contributed by atoms with Gasteiger partial charge in [-0.15, -0.1) is 0 Å². The van der Waals surface area contributed by atoms with E-state index in [-0.39, 0.29) is 22.4 Å². The van der Waals surface area contributed by atoms with Crippen LogP contribution < -0.4 is 10.9 Å². The smallest absolute Gasteiger partial charge is 0.270 e. The molecule has 8 heteroatoms. The van der Waals surface area contributed by atoms with Gasteiger partial charge in [0, 0.05) is 35.7 Å². The van der Waals surface area contributed by atoms with E-state index >= 15 is 0 Å². The van der Waals surface area contributed by atoms with E-state index in [1.165, 1.54) is 12.1 Å². The normalized spacial score (nSPS) is 21.0. The van der Waals surface area contributed by atoms with E-state index < -0.39 is 10.8 Å². The number of benzene rings is 1. The number of fused-ring (bicyclic) bond motifs is 1. The summed E-state index contributed by atoms with van der Waals surface area (Å²) in [7, 11) is 0. The Kier molecular flexibility index (Phi) is 3.40. The Balaban J connectivity index is 1.95. The summed E-state index contributed by atoms with van der Waals surface area (Å²) >= 11 is 0. The lowest BCUT2D eigenvalue weighted by atomic mass is 9.69. The predicted octanol–water partition coefficient (Wildman–Crippen LogP) is 2.81. The van der Waals surface area contributed by atoms with Crippen molar-refractivity contribution >= 4 is 17.3 Å². The molecule has 0 amide bonds. The van der Waals surface area contributed by atoms with Gasteiger partial charge in [0.1, 0.15) is 5.82 Å². The molecule has 0 saturated carbocycles. The minimum Gasteiger partial charge on any atom is -0.343 e. The van der Waals surface area contributed by atoms with E-state index in [2.05, 4.69) is 15.5 Å². The molecule has 1 aliphatic heterocycles. The number of carbonyl (C=O) groups is 1. The second-order valence-corrected chi connectivity index (χ2v) is 7.61. The first-order chi connectivity index (χ1) is 12.3. The Morgan fingerprint density at radius 3 is 2.69 bits per heavy atom. The Hall–Kier alpha value is -3.16. The summed E-state index contributed by atoms with van der Waals surface area (Å²) in [5.41, 5.74) is 1.65. The second-order valence-electron chi connectivity index (χ2n) is 7.61. The van der Waals surface area contributed by atoms with Gasteiger partial charge < -0.3 is 5.32 Å². The predicted molar refractivity (Wildman–Crippen MR) is 95.0 cm³/mol. The molecule has 1 aromatic heterocycles. The number of carbonyl (C=O) groups excluding carboxylic acids is 1. The van der Waals surface area contributed by atoms with Crippen molar-refractivity contribution < 1.29 is 9.72 Å². The first-order valence-electron chi connectivity index (χ1n) is 8.35. The summed E-state index contributed by atoms with van der Waals surface area (Å²) in [6.07, 6.45) is 1.03. The molecule has 0 spiro atoms. The fourth-order valence-electron chi connectivity index (χ4n) is 3.97. The molecule has 1 atom stereocenters. The topological polar surface area (TPSA) is 121 Å². The van der Waals surface area contributed by atoms with Crippen molar-refractivity contribution in [3.63, 3.8) is 0 Å². The molecule has 1 aromatic carbocycles. The molecule has 3 N–H and O–H groups in total. The van der Waals surface area contributed by atoms with E-state index in [9.17, 15) is 19.7 Å². The lowest BCUT2D eigenvalue weighted by Crippen LogP contribution is -2.35. The first kappa shape index (κ1) is 16.3. The molecular formula is C18H18N4O4. The fourth-order valence-corrected chi connectivity index (χ4v) is 3.97. The molecule has 1 unspecified atom stereocenters. The first-order valence-corrected chi connectivity index (χ1v) is 8.35. The van der Waals surface area contributed by atoms with Crippen LogP contribution in [0, 0.1) is 15.5 Å². The second kappa shape index (κ2) is 5.42. The number of H-pyrrole nitrogens is 2.